The first kappa shape index (κ1) is 18.5. The van der Waals surface area contributed by atoms with Crippen molar-refractivity contribution in [3.05, 3.63) is 59.5 Å². The maximum Gasteiger partial charge on any atom is 0.261 e. The van der Waals surface area contributed by atoms with Crippen molar-refractivity contribution in [1.29, 1.82) is 0 Å². The van der Waals surface area contributed by atoms with Crippen LogP contribution in [0.2, 0.25) is 0 Å². The number of nitrogens with one attached hydrogen (secondary N) is 1. The van der Waals surface area contributed by atoms with Crippen LogP contribution in [0.15, 0.2) is 58.8 Å². The van der Waals surface area contributed by atoms with E-state index in [2.05, 4.69) is 35.1 Å². The Labute approximate surface area is 158 Å². The smallest absolute Gasteiger partial charge is 0.261 e. The van der Waals surface area contributed by atoms with Crippen LogP contribution in [0.5, 0.6) is 0 Å². The number of rotatable bonds is 6. The molecule has 136 valence electrons. The fraction of sp³-hybridized carbons (Fsp3) is 0.263. The molecule has 3 aromatic rings. The second-order valence-corrected chi connectivity index (χ2v) is 9.03. The minimum atomic E-state index is -3.62. The van der Waals surface area contributed by atoms with E-state index in [1.807, 2.05) is 29.6 Å². The monoisotopic (exact) mass is 387 g/mol. The van der Waals surface area contributed by atoms with Crippen molar-refractivity contribution in [2.24, 2.45) is 0 Å². The Morgan fingerprint density at radius 2 is 1.69 bits per heavy atom. The van der Waals surface area contributed by atoms with Gasteiger partial charge in [-0.2, -0.15) is 0 Å². The SMILES string of the molecule is CCC(C)(C)c1ccc(S(=O)(=O)Nc2ccc(-c3csnn3)cc2)cc1. The highest BCUT2D eigenvalue weighted by molar-refractivity contribution is 7.92. The lowest BCUT2D eigenvalue weighted by molar-refractivity contribution is 0.506. The molecule has 0 amide bonds. The van der Waals surface area contributed by atoms with Gasteiger partial charge in [-0.3, -0.25) is 4.72 Å². The van der Waals surface area contributed by atoms with Gasteiger partial charge in [-0.15, -0.1) is 5.10 Å². The van der Waals surface area contributed by atoms with Gasteiger partial charge in [0.25, 0.3) is 10.0 Å². The Bertz CT molecular complexity index is 963. The van der Waals surface area contributed by atoms with E-state index < -0.39 is 10.0 Å². The molecule has 0 aliphatic heterocycles. The Morgan fingerprint density at radius 1 is 1.04 bits per heavy atom. The van der Waals surface area contributed by atoms with Gasteiger partial charge in [0, 0.05) is 16.6 Å². The van der Waals surface area contributed by atoms with E-state index in [1.165, 1.54) is 11.5 Å². The minimum Gasteiger partial charge on any atom is -0.280 e. The summed E-state index contributed by atoms with van der Waals surface area (Å²) in [6, 6.07) is 14.2. The number of hydrogen-bond donors (Lipinski definition) is 1. The molecule has 2 aromatic carbocycles. The summed E-state index contributed by atoms with van der Waals surface area (Å²) in [5.41, 5.74) is 3.33. The molecule has 1 aromatic heterocycles. The van der Waals surface area contributed by atoms with E-state index in [-0.39, 0.29) is 10.3 Å². The molecule has 5 nitrogen and oxygen atoms in total. The molecule has 0 radical (unpaired) electrons. The van der Waals surface area contributed by atoms with Gasteiger partial charge in [0.1, 0.15) is 5.69 Å². The quantitative estimate of drug-likeness (QED) is 0.666. The van der Waals surface area contributed by atoms with Gasteiger partial charge < -0.3 is 0 Å². The Morgan fingerprint density at radius 3 is 2.23 bits per heavy atom. The van der Waals surface area contributed by atoms with Crippen LogP contribution in [0.1, 0.15) is 32.8 Å². The van der Waals surface area contributed by atoms with Crippen LogP contribution in [-0.2, 0) is 15.4 Å². The lowest BCUT2D eigenvalue weighted by Crippen LogP contribution is -2.16. The van der Waals surface area contributed by atoms with Gasteiger partial charge in [0.2, 0.25) is 0 Å². The van der Waals surface area contributed by atoms with Gasteiger partial charge in [-0.05, 0) is 53.2 Å². The first-order chi connectivity index (χ1) is 12.3. The molecule has 7 heteroatoms. The maximum atomic E-state index is 12.6. The number of hydrogen-bond acceptors (Lipinski definition) is 5. The lowest BCUT2D eigenvalue weighted by atomic mass is 9.82. The second kappa shape index (κ2) is 7.17. The molecule has 1 N–H and O–H groups in total. The average molecular weight is 388 g/mol. The zero-order valence-corrected chi connectivity index (χ0v) is 16.6. The van der Waals surface area contributed by atoms with Gasteiger partial charge in [0.05, 0.1) is 4.90 Å². The average Bonchev–Trinajstić information content (AvgIpc) is 3.17. The second-order valence-electron chi connectivity index (χ2n) is 6.73. The molecule has 0 fully saturated rings. The van der Waals surface area contributed by atoms with Crippen molar-refractivity contribution >= 4 is 27.2 Å². The number of nitrogens with zero attached hydrogens (tertiary/aromatic N) is 2. The molecule has 0 unspecified atom stereocenters. The Hall–Kier alpha value is -2.25. The predicted molar refractivity (Wildman–Crippen MR) is 106 cm³/mol. The highest BCUT2D eigenvalue weighted by atomic mass is 32.2. The van der Waals surface area contributed by atoms with E-state index in [0.29, 0.717) is 5.69 Å². The number of sulfonamides is 1. The summed E-state index contributed by atoms with van der Waals surface area (Å²) in [7, 11) is -3.62. The number of benzene rings is 2. The summed E-state index contributed by atoms with van der Waals surface area (Å²) < 4.78 is 31.7. The van der Waals surface area contributed by atoms with E-state index in [1.54, 1.807) is 24.3 Å². The molecule has 0 aliphatic rings. The fourth-order valence-electron chi connectivity index (χ4n) is 2.50. The normalized spacial score (nSPS) is 12.1. The molecule has 0 saturated heterocycles. The largest absolute Gasteiger partial charge is 0.280 e. The molecule has 0 aliphatic carbocycles. The van der Waals surface area contributed by atoms with Crippen LogP contribution in [0.25, 0.3) is 11.3 Å². The van der Waals surface area contributed by atoms with Crippen molar-refractivity contribution in [1.82, 2.24) is 9.59 Å². The summed E-state index contributed by atoms with van der Waals surface area (Å²) in [5, 5.41) is 5.85. The van der Waals surface area contributed by atoms with Crippen LogP contribution >= 0.6 is 11.5 Å². The standard InChI is InChI=1S/C19H21N3O2S2/c1-4-19(2,3)15-7-11-17(12-8-15)26(23,24)21-16-9-5-14(6-10-16)18-13-25-22-20-18/h5-13,21H,4H2,1-3H3. The van der Waals surface area contributed by atoms with Gasteiger partial charge in [-0.1, -0.05) is 49.5 Å². The molecule has 0 spiro atoms. The molecular weight excluding hydrogens is 366 g/mol. The molecular formula is C19H21N3O2S2. The summed E-state index contributed by atoms with van der Waals surface area (Å²) in [4.78, 5) is 0.251. The highest BCUT2D eigenvalue weighted by Gasteiger charge is 2.20. The lowest BCUT2D eigenvalue weighted by Gasteiger charge is -2.23. The first-order valence-corrected chi connectivity index (χ1v) is 10.6. The van der Waals surface area contributed by atoms with Crippen LogP contribution in [0.3, 0.4) is 0 Å². The third-order valence-corrected chi connectivity index (χ3v) is 6.52. The van der Waals surface area contributed by atoms with Gasteiger partial charge in [0.15, 0.2) is 0 Å². The third kappa shape index (κ3) is 3.94. The van der Waals surface area contributed by atoms with E-state index in [9.17, 15) is 8.42 Å². The van der Waals surface area contributed by atoms with E-state index >= 15 is 0 Å². The molecule has 3 rings (SSSR count). The summed E-state index contributed by atoms with van der Waals surface area (Å²) >= 11 is 1.28. The van der Waals surface area contributed by atoms with Crippen LogP contribution in [0.4, 0.5) is 5.69 Å². The Balaban J connectivity index is 1.78. The molecule has 0 saturated carbocycles. The maximum absolute atomic E-state index is 12.6. The Kier molecular flexibility index (Phi) is 5.11. The van der Waals surface area contributed by atoms with Gasteiger partial charge in [-0.25, -0.2) is 8.42 Å². The van der Waals surface area contributed by atoms with Crippen molar-refractivity contribution in [2.75, 3.05) is 4.72 Å². The first-order valence-electron chi connectivity index (χ1n) is 8.33. The molecule has 0 atom stereocenters. The summed E-state index contributed by atoms with van der Waals surface area (Å²) in [5.74, 6) is 0. The van der Waals surface area contributed by atoms with Crippen molar-refractivity contribution in [3.63, 3.8) is 0 Å². The zero-order valence-electron chi connectivity index (χ0n) is 14.9. The van der Waals surface area contributed by atoms with Crippen molar-refractivity contribution < 1.29 is 8.42 Å². The zero-order chi connectivity index (χ0) is 18.8. The number of aromatic nitrogens is 2. The van der Waals surface area contributed by atoms with Crippen LogP contribution in [0, 0.1) is 0 Å². The molecule has 26 heavy (non-hydrogen) atoms. The summed E-state index contributed by atoms with van der Waals surface area (Å²) in [6.45, 7) is 6.42. The van der Waals surface area contributed by atoms with Gasteiger partial charge >= 0.3 is 0 Å². The number of anilines is 1. The van der Waals surface area contributed by atoms with E-state index in [0.717, 1.165) is 23.2 Å². The van der Waals surface area contributed by atoms with Crippen LogP contribution in [-0.4, -0.2) is 18.0 Å². The van der Waals surface area contributed by atoms with E-state index in [4.69, 9.17) is 0 Å². The topological polar surface area (TPSA) is 72.0 Å². The fourth-order valence-corrected chi connectivity index (χ4v) is 4.03. The third-order valence-electron chi connectivity index (χ3n) is 4.62. The molecule has 1 heterocycles. The van der Waals surface area contributed by atoms with Crippen molar-refractivity contribution in [2.45, 2.75) is 37.5 Å². The molecule has 0 bridgehead atoms. The minimum absolute atomic E-state index is 0.0239. The van der Waals surface area contributed by atoms with Crippen molar-refractivity contribution in [3.8, 4) is 11.3 Å². The van der Waals surface area contributed by atoms with Crippen LogP contribution < -0.4 is 4.72 Å². The highest BCUT2D eigenvalue weighted by Crippen LogP contribution is 2.28. The summed E-state index contributed by atoms with van der Waals surface area (Å²) in [6.07, 6.45) is 0.984. The predicted octanol–water partition coefficient (Wildman–Crippen LogP) is 4.69.